The number of thiazole rings is 1. The highest BCUT2D eigenvalue weighted by molar-refractivity contribution is 7.97. The van der Waals surface area contributed by atoms with Crippen molar-refractivity contribution in [3.63, 3.8) is 0 Å². The van der Waals surface area contributed by atoms with E-state index in [9.17, 15) is 0 Å². The molecule has 1 heterocycles. The van der Waals surface area contributed by atoms with Crippen LogP contribution in [0.15, 0.2) is 47.8 Å². The molecule has 0 unspecified atom stereocenters. The number of methoxy groups -OCH3 is 2. The molecule has 3 rings (SSSR count). The van der Waals surface area contributed by atoms with Crippen LogP contribution in [-0.4, -0.2) is 19.2 Å². The van der Waals surface area contributed by atoms with E-state index >= 15 is 0 Å². The Balaban J connectivity index is 1.63. The summed E-state index contributed by atoms with van der Waals surface area (Å²) in [4.78, 5) is 4.76. The van der Waals surface area contributed by atoms with Crippen molar-refractivity contribution in [2.45, 2.75) is 18.4 Å². The van der Waals surface area contributed by atoms with Gasteiger partial charge in [0.2, 0.25) is 0 Å². The largest absolute Gasteiger partial charge is 0.493 e. The lowest BCUT2D eigenvalue weighted by Crippen LogP contribution is -1.91. The molecule has 0 aliphatic heterocycles. The van der Waals surface area contributed by atoms with Crippen LogP contribution >= 0.6 is 23.1 Å². The molecule has 0 aliphatic rings. The number of aromatic nitrogens is 1. The quantitative estimate of drug-likeness (QED) is 0.543. The van der Waals surface area contributed by atoms with Crippen LogP contribution in [0, 0.1) is 6.92 Å². The van der Waals surface area contributed by atoms with E-state index in [1.807, 2.05) is 30.0 Å². The Kier molecular flexibility index (Phi) is 6.00. The molecule has 0 N–H and O–H groups in total. The molecular formula is C20H21NO2S2. The number of rotatable bonds is 7. The third kappa shape index (κ3) is 4.55. The predicted molar refractivity (Wildman–Crippen MR) is 107 cm³/mol. The molecule has 1 aromatic heterocycles. The number of thioether (sulfide) groups is 1. The number of benzene rings is 2. The van der Waals surface area contributed by atoms with E-state index < -0.39 is 0 Å². The molecule has 130 valence electrons. The average molecular weight is 372 g/mol. The van der Waals surface area contributed by atoms with E-state index in [-0.39, 0.29) is 0 Å². The molecule has 0 saturated carbocycles. The molecule has 0 fully saturated rings. The van der Waals surface area contributed by atoms with Gasteiger partial charge in [0, 0.05) is 22.4 Å². The first-order valence-corrected chi connectivity index (χ1v) is 10.0. The second-order valence-corrected chi connectivity index (χ2v) is 7.54. The minimum Gasteiger partial charge on any atom is -0.493 e. The molecule has 0 aliphatic carbocycles. The first-order chi connectivity index (χ1) is 12.2. The van der Waals surface area contributed by atoms with Crippen LogP contribution in [0.1, 0.15) is 16.8 Å². The fraction of sp³-hybridized carbons (Fsp3) is 0.250. The Labute approximate surface area is 157 Å². The van der Waals surface area contributed by atoms with E-state index in [1.54, 1.807) is 25.6 Å². The van der Waals surface area contributed by atoms with E-state index in [0.717, 1.165) is 39.3 Å². The number of nitrogens with zero attached hydrogens (tertiary/aromatic N) is 1. The summed E-state index contributed by atoms with van der Waals surface area (Å²) in [6.45, 7) is 2.11. The molecule has 0 bridgehead atoms. The van der Waals surface area contributed by atoms with Gasteiger partial charge < -0.3 is 9.47 Å². The molecule has 2 aromatic carbocycles. The first kappa shape index (κ1) is 17.8. The van der Waals surface area contributed by atoms with Crippen molar-refractivity contribution in [3.8, 4) is 22.1 Å². The van der Waals surface area contributed by atoms with Gasteiger partial charge in [-0.15, -0.1) is 11.3 Å². The number of hydrogen-bond donors (Lipinski definition) is 0. The summed E-state index contributed by atoms with van der Waals surface area (Å²) in [5.41, 5.74) is 4.82. The van der Waals surface area contributed by atoms with Gasteiger partial charge in [-0.25, -0.2) is 4.98 Å². The monoisotopic (exact) mass is 371 g/mol. The maximum Gasteiger partial charge on any atom is 0.161 e. The minimum absolute atomic E-state index is 0.727. The standard InChI is InChI=1S/C20H21NO2S2/c1-14-4-6-15(7-5-14)11-24-12-17-13-25-20(21-17)16-8-9-18(22-2)19(10-16)23-3/h4-10,13H,11-12H2,1-3H3. The Morgan fingerprint density at radius 2 is 1.72 bits per heavy atom. The molecule has 5 heteroatoms. The molecule has 0 saturated heterocycles. The zero-order chi connectivity index (χ0) is 17.6. The molecule has 0 atom stereocenters. The summed E-state index contributed by atoms with van der Waals surface area (Å²) in [7, 11) is 3.29. The number of ether oxygens (including phenoxy) is 2. The topological polar surface area (TPSA) is 31.4 Å². The van der Waals surface area contributed by atoms with Crippen LogP contribution in [0.25, 0.3) is 10.6 Å². The van der Waals surface area contributed by atoms with Crippen LogP contribution in [0.4, 0.5) is 0 Å². The Morgan fingerprint density at radius 3 is 2.44 bits per heavy atom. The average Bonchev–Trinajstić information content (AvgIpc) is 3.11. The summed E-state index contributed by atoms with van der Waals surface area (Å²) in [5, 5.41) is 3.14. The van der Waals surface area contributed by atoms with Crippen LogP contribution in [0.2, 0.25) is 0 Å². The van der Waals surface area contributed by atoms with Gasteiger partial charge in [-0.2, -0.15) is 11.8 Å². The van der Waals surface area contributed by atoms with Gasteiger partial charge >= 0.3 is 0 Å². The van der Waals surface area contributed by atoms with Gasteiger partial charge in [0.05, 0.1) is 19.9 Å². The highest BCUT2D eigenvalue weighted by Gasteiger charge is 2.09. The fourth-order valence-electron chi connectivity index (χ4n) is 2.43. The summed E-state index contributed by atoms with van der Waals surface area (Å²) >= 11 is 3.55. The normalized spacial score (nSPS) is 10.7. The van der Waals surface area contributed by atoms with E-state index in [0.29, 0.717) is 0 Å². The van der Waals surface area contributed by atoms with Gasteiger partial charge in [-0.1, -0.05) is 29.8 Å². The van der Waals surface area contributed by atoms with Gasteiger partial charge in [-0.3, -0.25) is 0 Å². The van der Waals surface area contributed by atoms with Crippen LogP contribution in [0.5, 0.6) is 11.5 Å². The highest BCUT2D eigenvalue weighted by Crippen LogP contribution is 2.34. The molecule has 25 heavy (non-hydrogen) atoms. The lowest BCUT2D eigenvalue weighted by atomic mass is 10.2. The van der Waals surface area contributed by atoms with Crippen molar-refractivity contribution in [1.29, 1.82) is 0 Å². The van der Waals surface area contributed by atoms with Crippen molar-refractivity contribution in [2.24, 2.45) is 0 Å². The Morgan fingerprint density at radius 1 is 0.960 bits per heavy atom. The molecule has 0 amide bonds. The van der Waals surface area contributed by atoms with Crippen molar-refractivity contribution in [1.82, 2.24) is 4.98 Å². The zero-order valence-electron chi connectivity index (χ0n) is 14.6. The predicted octanol–water partition coefficient (Wildman–Crippen LogP) is 5.57. The molecule has 3 aromatic rings. The highest BCUT2D eigenvalue weighted by atomic mass is 32.2. The van der Waals surface area contributed by atoms with E-state index in [1.165, 1.54) is 11.1 Å². The van der Waals surface area contributed by atoms with Crippen molar-refractivity contribution >= 4 is 23.1 Å². The molecular weight excluding hydrogens is 350 g/mol. The van der Waals surface area contributed by atoms with Crippen molar-refractivity contribution < 1.29 is 9.47 Å². The van der Waals surface area contributed by atoms with Crippen LogP contribution < -0.4 is 9.47 Å². The number of hydrogen-bond acceptors (Lipinski definition) is 5. The maximum atomic E-state index is 5.38. The molecule has 0 radical (unpaired) electrons. The number of aryl methyl sites for hydroxylation is 1. The fourth-order valence-corrected chi connectivity index (χ4v) is 4.24. The van der Waals surface area contributed by atoms with Gasteiger partial charge in [0.15, 0.2) is 11.5 Å². The smallest absolute Gasteiger partial charge is 0.161 e. The Hall–Kier alpha value is -1.98. The van der Waals surface area contributed by atoms with Crippen LogP contribution in [0.3, 0.4) is 0 Å². The molecule has 0 spiro atoms. The van der Waals surface area contributed by atoms with E-state index in [4.69, 9.17) is 14.5 Å². The third-order valence-corrected chi connectivity index (χ3v) is 5.80. The summed E-state index contributed by atoms with van der Waals surface area (Å²) in [5.74, 6) is 3.38. The van der Waals surface area contributed by atoms with Gasteiger partial charge in [0.25, 0.3) is 0 Å². The minimum atomic E-state index is 0.727. The second-order valence-electron chi connectivity index (χ2n) is 5.69. The summed E-state index contributed by atoms with van der Waals surface area (Å²) in [6, 6.07) is 14.6. The lowest BCUT2D eigenvalue weighted by Gasteiger charge is -2.08. The first-order valence-electron chi connectivity index (χ1n) is 7.99. The zero-order valence-corrected chi connectivity index (χ0v) is 16.2. The summed E-state index contributed by atoms with van der Waals surface area (Å²) in [6.07, 6.45) is 0. The summed E-state index contributed by atoms with van der Waals surface area (Å²) < 4.78 is 10.7. The van der Waals surface area contributed by atoms with E-state index in [2.05, 4.69) is 36.6 Å². The van der Waals surface area contributed by atoms with Crippen LogP contribution in [-0.2, 0) is 11.5 Å². The SMILES string of the molecule is COc1ccc(-c2nc(CSCc3ccc(C)cc3)cs2)cc1OC. The third-order valence-electron chi connectivity index (χ3n) is 3.82. The van der Waals surface area contributed by atoms with Crippen molar-refractivity contribution in [2.75, 3.05) is 14.2 Å². The van der Waals surface area contributed by atoms with Gasteiger partial charge in [0.1, 0.15) is 5.01 Å². The molecule has 3 nitrogen and oxygen atoms in total. The maximum absolute atomic E-state index is 5.38. The Bertz CT molecular complexity index is 828. The van der Waals surface area contributed by atoms with Crippen molar-refractivity contribution in [3.05, 3.63) is 64.7 Å². The lowest BCUT2D eigenvalue weighted by molar-refractivity contribution is 0.355. The van der Waals surface area contributed by atoms with Gasteiger partial charge in [-0.05, 0) is 30.7 Å². The second kappa shape index (κ2) is 8.41.